The molecule has 3 aromatic carbocycles. The summed E-state index contributed by atoms with van der Waals surface area (Å²) in [4.78, 5) is 26.0. The summed E-state index contributed by atoms with van der Waals surface area (Å²) in [6, 6.07) is 25.5. The lowest BCUT2D eigenvalue weighted by Gasteiger charge is -2.36. The van der Waals surface area contributed by atoms with E-state index in [1.807, 2.05) is 78.9 Å². The first-order valence-electron chi connectivity index (χ1n) is 10.1. The zero-order chi connectivity index (χ0) is 21.1. The van der Waals surface area contributed by atoms with Gasteiger partial charge in [0, 0.05) is 18.0 Å². The van der Waals surface area contributed by atoms with Crippen molar-refractivity contribution in [1.82, 2.24) is 0 Å². The molecule has 1 aliphatic heterocycles. The van der Waals surface area contributed by atoms with Crippen molar-refractivity contribution in [3.05, 3.63) is 95.6 Å². The number of para-hydroxylation sites is 1. The number of nitrogens with one attached hydrogen (secondary N) is 1. The second-order valence-electron chi connectivity index (χ2n) is 7.87. The summed E-state index contributed by atoms with van der Waals surface area (Å²) in [6.07, 6.45) is 0.793. The van der Waals surface area contributed by atoms with Crippen LogP contribution in [0.2, 0.25) is 0 Å². The number of methoxy groups -OCH3 is 1. The molecule has 4 nitrogen and oxygen atoms in total. The second kappa shape index (κ2) is 8.15. The minimum Gasteiger partial charge on any atom is -0.497 e. The van der Waals surface area contributed by atoms with Gasteiger partial charge in [-0.25, -0.2) is 0 Å². The molecule has 3 aromatic rings. The van der Waals surface area contributed by atoms with E-state index in [9.17, 15) is 9.59 Å². The molecule has 1 N–H and O–H groups in total. The number of carbonyl (C=O) groups is 2. The normalized spacial score (nSPS) is 18.4. The molecule has 0 bridgehead atoms. The topological polar surface area (TPSA) is 55.4 Å². The number of Topliss-reactive ketones (excluding diaryl/α,β-unsaturated/α-hetero) is 1. The van der Waals surface area contributed by atoms with Crippen molar-refractivity contribution in [1.29, 1.82) is 0 Å². The lowest BCUT2D eigenvalue weighted by atomic mass is 9.63. The molecular weight excluding hydrogens is 374 g/mol. The lowest BCUT2D eigenvalue weighted by molar-refractivity contribution is -0.122. The number of hydrogen-bond acceptors (Lipinski definition) is 3. The maximum absolute atomic E-state index is 13.6. The number of carbonyl (C=O) groups excluding carboxylic acids is 2. The van der Waals surface area contributed by atoms with Gasteiger partial charge in [-0.2, -0.15) is 0 Å². The van der Waals surface area contributed by atoms with Crippen molar-refractivity contribution in [3.8, 4) is 5.75 Å². The maximum Gasteiger partial charge on any atom is 0.236 e. The summed E-state index contributed by atoms with van der Waals surface area (Å²) in [5.41, 5.74) is 2.90. The van der Waals surface area contributed by atoms with Gasteiger partial charge in [0.25, 0.3) is 0 Å². The van der Waals surface area contributed by atoms with Gasteiger partial charge >= 0.3 is 0 Å². The van der Waals surface area contributed by atoms with Crippen molar-refractivity contribution in [2.75, 3.05) is 12.4 Å². The predicted molar refractivity (Wildman–Crippen MR) is 118 cm³/mol. The van der Waals surface area contributed by atoms with E-state index >= 15 is 0 Å². The fourth-order valence-corrected chi connectivity index (χ4v) is 4.60. The average Bonchev–Trinajstić information content (AvgIpc) is 3.05. The molecule has 0 saturated heterocycles. The van der Waals surface area contributed by atoms with Crippen LogP contribution in [0.1, 0.15) is 36.0 Å². The van der Waals surface area contributed by atoms with E-state index in [0.29, 0.717) is 6.42 Å². The van der Waals surface area contributed by atoms with Gasteiger partial charge in [-0.05, 0) is 48.2 Å². The van der Waals surface area contributed by atoms with Gasteiger partial charge in [0.1, 0.15) is 11.5 Å². The van der Waals surface area contributed by atoms with Crippen LogP contribution in [0.15, 0.2) is 78.9 Å². The highest BCUT2D eigenvalue weighted by molar-refractivity contribution is 6.07. The molecule has 0 fully saturated rings. The fraction of sp³-hybridized carbons (Fsp3) is 0.231. The molecule has 0 spiro atoms. The van der Waals surface area contributed by atoms with E-state index < -0.39 is 5.41 Å². The molecule has 1 aliphatic rings. The summed E-state index contributed by atoms with van der Waals surface area (Å²) in [6.45, 7) is 1.59. The van der Waals surface area contributed by atoms with E-state index in [-0.39, 0.29) is 24.0 Å². The van der Waals surface area contributed by atoms with E-state index in [1.165, 1.54) is 0 Å². The average molecular weight is 399 g/mol. The van der Waals surface area contributed by atoms with Gasteiger partial charge in [-0.3, -0.25) is 4.79 Å². The van der Waals surface area contributed by atoms with Crippen molar-refractivity contribution in [2.24, 2.45) is 0 Å². The molecule has 1 amide bonds. The monoisotopic (exact) mass is 399 g/mol. The maximum atomic E-state index is 13.6. The zero-order valence-corrected chi connectivity index (χ0v) is 17.2. The van der Waals surface area contributed by atoms with E-state index in [4.69, 9.17) is 4.74 Å². The van der Waals surface area contributed by atoms with Crippen LogP contribution < -0.4 is 10.1 Å². The quantitative estimate of drug-likeness (QED) is 0.615. The SMILES string of the molecule is COc1ccc([C@H](CC(C)=O)[C@]2(Cc3ccccc3)C(=O)Nc3ccccc32)cc1. The van der Waals surface area contributed by atoms with Crippen molar-refractivity contribution in [2.45, 2.75) is 31.1 Å². The Bertz CT molecular complexity index is 1060. The number of ether oxygens (including phenoxy) is 1. The third-order valence-electron chi connectivity index (χ3n) is 5.99. The Kier molecular flexibility index (Phi) is 5.40. The number of anilines is 1. The van der Waals surface area contributed by atoms with E-state index in [0.717, 1.165) is 28.1 Å². The first kappa shape index (κ1) is 19.9. The summed E-state index contributed by atoms with van der Waals surface area (Å²) < 4.78 is 5.31. The zero-order valence-electron chi connectivity index (χ0n) is 17.2. The highest BCUT2D eigenvalue weighted by Crippen LogP contribution is 2.50. The summed E-state index contributed by atoms with van der Waals surface area (Å²) in [7, 11) is 1.62. The molecule has 0 saturated carbocycles. The Labute approximate surface area is 176 Å². The van der Waals surface area contributed by atoms with Crippen LogP contribution in [0.3, 0.4) is 0 Å². The smallest absolute Gasteiger partial charge is 0.236 e. The van der Waals surface area contributed by atoms with Gasteiger partial charge < -0.3 is 14.8 Å². The highest BCUT2D eigenvalue weighted by Gasteiger charge is 2.52. The third-order valence-corrected chi connectivity index (χ3v) is 5.99. The second-order valence-corrected chi connectivity index (χ2v) is 7.87. The largest absolute Gasteiger partial charge is 0.497 e. The minimum atomic E-state index is -0.877. The fourth-order valence-electron chi connectivity index (χ4n) is 4.60. The molecule has 0 unspecified atom stereocenters. The number of ketones is 1. The molecular formula is C26H25NO3. The number of benzene rings is 3. The first-order chi connectivity index (χ1) is 14.5. The summed E-state index contributed by atoms with van der Waals surface area (Å²) in [5, 5.41) is 3.08. The van der Waals surface area contributed by atoms with Crippen LogP contribution in [0, 0.1) is 0 Å². The molecule has 0 aliphatic carbocycles. The lowest BCUT2D eigenvalue weighted by Crippen LogP contribution is -2.43. The molecule has 1 heterocycles. The Hall–Kier alpha value is -3.40. The molecule has 0 aromatic heterocycles. The Morgan fingerprint density at radius 2 is 1.63 bits per heavy atom. The van der Waals surface area contributed by atoms with E-state index in [2.05, 4.69) is 5.32 Å². The van der Waals surface area contributed by atoms with Gasteiger partial charge in [-0.1, -0.05) is 60.7 Å². The van der Waals surface area contributed by atoms with Gasteiger partial charge in [0.2, 0.25) is 5.91 Å². The van der Waals surface area contributed by atoms with Crippen LogP contribution in [0.5, 0.6) is 5.75 Å². The van der Waals surface area contributed by atoms with Crippen LogP contribution in [0.4, 0.5) is 5.69 Å². The van der Waals surface area contributed by atoms with Crippen molar-refractivity contribution < 1.29 is 14.3 Å². The first-order valence-corrected chi connectivity index (χ1v) is 10.1. The van der Waals surface area contributed by atoms with E-state index in [1.54, 1.807) is 14.0 Å². The predicted octanol–water partition coefficient (Wildman–Crippen LogP) is 4.89. The molecule has 0 radical (unpaired) electrons. The Morgan fingerprint density at radius 3 is 2.30 bits per heavy atom. The third kappa shape index (κ3) is 3.50. The molecule has 4 heteroatoms. The highest BCUT2D eigenvalue weighted by atomic mass is 16.5. The van der Waals surface area contributed by atoms with Gasteiger partial charge in [-0.15, -0.1) is 0 Å². The number of fused-ring (bicyclic) bond motifs is 1. The van der Waals surface area contributed by atoms with Gasteiger partial charge in [0.15, 0.2) is 0 Å². The standard InChI is InChI=1S/C26H25NO3/c1-18(28)16-23(20-12-14-21(30-2)15-13-20)26(17-19-8-4-3-5-9-19)22-10-6-7-11-24(22)27-25(26)29/h3-15,23H,16-17H2,1-2H3,(H,27,29)/t23-,26+/m0/s1. The van der Waals surface area contributed by atoms with Crippen molar-refractivity contribution in [3.63, 3.8) is 0 Å². The van der Waals surface area contributed by atoms with Gasteiger partial charge in [0.05, 0.1) is 12.5 Å². The van der Waals surface area contributed by atoms with Crippen LogP contribution in [-0.4, -0.2) is 18.8 Å². The number of amides is 1. The molecule has 30 heavy (non-hydrogen) atoms. The number of rotatable bonds is 7. The summed E-state index contributed by atoms with van der Waals surface area (Å²) >= 11 is 0. The van der Waals surface area contributed by atoms with Crippen LogP contribution in [0.25, 0.3) is 0 Å². The molecule has 152 valence electrons. The molecule has 2 atom stereocenters. The number of hydrogen-bond donors (Lipinski definition) is 1. The Morgan fingerprint density at radius 1 is 0.967 bits per heavy atom. The minimum absolute atomic E-state index is 0.0560. The molecule has 4 rings (SSSR count). The van der Waals surface area contributed by atoms with Crippen molar-refractivity contribution >= 4 is 17.4 Å². The van der Waals surface area contributed by atoms with Crippen LogP contribution >= 0.6 is 0 Å². The van der Waals surface area contributed by atoms with Crippen LogP contribution in [-0.2, 0) is 21.4 Å². The Balaban J connectivity index is 1.92. The summed E-state index contributed by atoms with van der Waals surface area (Å²) in [5.74, 6) is 0.438.